The zero-order chi connectivity index (χ0) is 20.6. The van der Waals surface area contributed by atoms with Gasteiger partial charge in [-0.1, -0.05) is 0 Å². The molecule has 1 fully saturated rings. The number of aliphatic hydroxyl groups is 1. The molecule has 1 aliphatic rings. The van der Waals surface area contributed by atoms with Gasteiger partial charge in [0.1, 0.15) is 18.5 Å². The summed E-state index contributed by atoms with van der Waals surface area (Å²) >= 11 is 0. The second-order valence-corrected chi connectivity index (χ2v) is 6.02. The number of nitrogens with zero attached hydrogens (tertiary/aromatic N) is 1. The van der Waals surface area contributed by atoms with E-state index in [1.165, 1.54) is 0 Å². The predicted molar refractivity (Wildman–Crippen MR) is 75.6 cm³/mol. The predicted octanol–water partition coefficient (Wildman–Crippen LogP) is 3.44. The van der Waals surface area contributed by atoms with Crippen LogP contribution in [0.15, 0.2) is 12.1 Å². The summed E-state index contributed by atoms with van der Waals surface area (Å²) in [5.74, 6) is -6.29. The summed E-state index contributed by atoms with van der Waals surface area (Å²) in [5.41, 5.74) is -5.70. The molecule has 0 bridgehead atoms. The summed E-state index contributed by atoms with van der Waals surface area (Å²) in [7, 11) is 0. The maximum Gasteiger partial charge on any atom is 0.416 e. The fourth-order valence-corrected chi connectivity index (χ4v) is 2.98. The smallest absolute Gasteiger partial charge is 0.390 e. The highest BCUT2D eigenvalue weighted by molar-refractivity contribution is 5.40. The van der Waals surface area contributed by atoms with E-state index in [1.807, 2.05) is 0 Å². The maximum absolute atomic E-state index is 14.4. The van der Waals surface area contributed by atoms with Crippen LogP contribution in [-0.2, 0) is 12.4 Å². The van der Waals surface area contributed by atoms with Crippen LogP contribution in [0.3, 0.4) is 0 Å². The minimum Gasteiger partial charge on any atom is -0.390 e. The van der Waals surface area contributed by atoms with Crippen LogP contribution in [0.4, 0.5) is 39.5 Å². The first-order valence-electron chi connectivity index (χ1n) is 7.70. The third-order valence-corrected chi connectivity index (χ3v) is 4.16. The molecule has 0 aliphatic carbocycles. The molecule has 12 heteroatoms. The molecule has 1 saturated heterocycles. The van der Waals surface area contributed by atoms with Gasteiger partial charge in [-0.25, -0.2) is 13.2 Å². The van der Waals surface area contributed by atoms with Gasteiger partial charge < -0.3 is 10.4 Å². The Balaban J connectivity index is 2.74. The Kier molecular flexibility index (Phi) is 6.02. The average Bonchev–Trinajstić information content (AvgIpc) is 2.55. The molecule has 1 atom stereocenters. The van der Waals surface area contributed by atoms with Crippen molar-refractivity contribution in [2.24, 2.45) is 0 Å². The van der Waals surface area contributed by atoms with Crippen molar-refractivity contribution < 1.29 is 44.6 Å². The number of hydrogen-bond donors (Lipinski definition) is 2. The number of nitrogens with one attached hydrogen (secondary N) is 1. The molecule has 0 radical (unpaired) electrons. The molecular weight excluding hydrogens is 395 g/mol. The van der Waals surface area contributed by atoms with E-state index in [0.29, 0.717) is 0 Å². The van der Waals surface area contributed by atoms with Crippen molar-refractivity contribution in [3.63, 3.8) is 0 Å². The number of halogens is 9. The largest absolute Gasteiger partial charge is 0.416 e. The van der Waals surface area contributed by atoms with Crippen LogP contribution in [0.1, 0.15) is 22.7 Å². The van der Waals surface area contributed by atoms with E-state index >= 15 is 0 Å². The number of rotatable bonds is 4. The Morgan fingerprint density at radius 2 is 1.52 bits per heavy atom. The molecule has 0 spiro atoms. The molecule has 0 aromatic heterocycles. The van der Waals surface area contributed by atoms with Gasteiger partial charge in [0.25, 0.3) is 5.92 Å². The SMILES string of the molecule is OCC(F)(F)[C@@H](c1c(F)cc(C(F)(F)F)cc1C(F)(F)F)N1CCNCC1. The summed E-state index contributed by atoms with van der Waals surface area (Å²) in [5, 5.41) is 11.7. The van der Waals surface area contributed by atoms with E-state index in [9.17, 15) is 39.5 Å². The fraction of sp³-hybridized carbons (Fsp3) is 0.600. The molecule has 0 saturated carbocycles. The van der Waals surface area contributed by atoms with E-state index in [1.54, 1.807) is 0 Å². The maximum atomic E-state index is 14.4. The van der Waals surface area contributed by atoms with Gasteiger partial charge in [0.2, 0.25) is 0 Å². The lowest BCUT2D eigenvalue weighted by Crippen LogP contribution is -2.51. The van der Waals surface area contributed by atoms with Crippen LogP contribution in [0, 0.1) is 5.82 Å². The van der Waals surface area contributed by atoms with E-state index in [-0.39, 0.29) is 38.3 Å². The molecule has 0 amide bonds. The molecule has 2 N–H and O–H groups in total. The van der Waals surface area contributed by atoms with Crippen molar-refractivity contribution in [2.75, 3.05) is 32.8 Å². The van der Waals surface area contributed by atoms with Gasteiger partial charge in [0, 0.05) is 31.7 Å². The zero-order valence-corrected chi connectivity index (χ0v) is 13.6. The lowest BCUT2D eigenvalue weighted by atomic mass is 9.91. The second kappa shape index (κ2) is 7.47. The third kappa shape index (κ3) is 4.66. The van der Waals surface area contributed by atoms with Crippen LogP contribution < -0.4 is 5.32 Å². The lowest BCUT2D eigenvalue weighted by molar-refractivity contribution is -0.148. The van der Waals surface area contributed by atoms with Crippen LogP contribution in [-0.4, -0.2) is 48.7 Å². The van der Waals surface area contributed by atoms with E-state index in [2.05, 4.69) is 5.32 Å². The molecule has 0 unspecified atom stereocenters. The molecule has 154 valence electrons. The molecule has 1 aliphatic heterocycles. The molecular formula is C15H15F9N2O. The Morgan fingerprint density at radius 3 is 1.96 bits per heavy atom. The summed E-state index contributed by atoms with van der Waals surface area (Å²) < 4.78 is 121. The van der Waals surface area contributed by atoms with Crippen molar-refractivity contribution in [3.8, 4) is 0 Å². The Hall–Kier alpha value is -1.53. The molecule has 3 nitrogen and oxygen atoms in total. The lowest BCUT2D eigenvalue weighted by Gasteiger charge is -2.39. The highest BCUT2D eigenvalue weighted by atomic mass is 19.4. The molecule has 1 aromatic rings. The number of hydrogen-bond acceptors (Lipinski definition) is 3. The molecule has 1 aromatic carbocycles. The van der Waals surface area contributed by atoms with E-state index in [0.717, 1.165) is 4.90 Å². The number of piperazine rings is 1. The topological polar surface area (TPSA) is 35.5 Å². The van der Waals surface area contributed by atoms with Crippen molar-refractivity contribution >= 4 is 0 Å². The van der Waals surface area contributed by atoms with Crippen molar-refractivity contribution in [2.45, 2.75) is 24.3 Å². The van der Waals surface area contributed by atoms with E-state index < -0.39 is 53.4 Å². The highest BCUT2D eigenvalue weighted by Crippen LogP contribution is 2.46. The molecule has 27 heavy (non-hydrogen) atoms. The highest BCUT2D eigenvalue weighted by Gasteiger charge is 2.50. The van der Waals surface area contributed by atoms with Gasteiger partial charge in [-0.05, 0) is 12.1 Å². The average molecular weight is 410 g/mol. The van der Waals surface area contributed by atoms with Crippen LogP contribution >= 0.6 is 0 Å². The third-order valence-electron chi connectivity index (χ3n) is 4.16. The molecule has 1 heterocycles. The van der Waals surface area contributed by atoms with Gasteiger partial charge in [-0.15, -0.1) is 0 Å². The Morgan fingerprint density at radius 1 is 0.963 bits per heavy atom. The first kappa shape index (κ1) is 21.8. The number of aliphatic hydroxyl groups excluding tert-OH is 1. The van der Waals surface area contributed by atoms with Crippen molar-refractivity contribution in [3.05, 3.63) is 34.6 Å². The van der Waals surface area contributed by atoms with Gasteiger partial charge in [-0.3, -0.25) is 4.90 Å². The summed E-state index contributed by atoms with van der Waals surface area (Å²) in [6.07, 6.45) is -10.8. The zero-order valence-electron chi connectivity index (χ0n) is 13.6. The van der Waals surface area contributed by atoms with Crippen molar-refractivity contribution in [1.29, 1.82) is 0 Å². The Bertz CT molecular complexity index is 666. The first-order chi connectivity index (χ1) is 12.3. The number of alkyl halides is 8. The summed E-state index contributed by atoms with van der Waals surface area (Å²) in [6, 6.07) is -3.21. The van der Waals surface area contributed by atoms with Gasteiger partial charge in [0.15, 0.2) is 0 Å². The van der Waals surface area contributed by atoms with Crippen LogP contribution in [0.2, 0.25) is 0 Å². The Labute approximate surface area is 147 Å². The minimum absolute atomic E-state index is 0.0988. The quantitative estimate of drug-likeness (QED) is 0.747. The van der Waals surface area contributed by atoms with Crippen molar-refractivity contribution in [1.82, 2.24) is 10.2 Å². The summed E-state index contributed by atoms with van der Waals surface area (Å²) in [6.45, 7) is -2.13. The van der Waals surface area contributed by atoms with Gasteiger partial charge >= 0.3 is 12.4 Å². The first-order valence-corrected chi connectivity index (χ1v) is 7.70. The number of benzene rings is 1. The minimum atomic E-state index is -5.52. The van der Waals surface area contributed by atoms with Gasteiger partial charge in [-0.2, -0.15) is 26.3 Å². The second-order valence-electron chi connectivity index (χ2n) is 6.02. The van der Waals surface area contributed by atoms with Crippen LogP contribution in [0.25, 0.3) is 0 Å². The normalized spacial score (nSPS) is 18.6. The summed E-state index contributed by atoms with van der Waals surface area (Å²) in [4.78, 5) is 0.813. The van der Waals surface area contributed by atoms with Crippen LogP contribution in [0.5, 0.6) is 0 Å². The van der Waals surface area contributed by atoms with Gasteiger partial charge in [0.05, 0.1) is 11.1 Å². The fourth-order valence-electron chi connectivity index (χ4n) is 2.98. The standard InChI is InChI=1S/C15H15F9N2O/c16-10-6-8(14(19,20)21)5-9(15(22,23)24)11(10)12(13(17,18)7-27)26-3-1-25-2-4-26/h5-6,12,25,27H,1-4,7H2/t12-/m1/s1. The van der Waals surface area contributed by atoms with E-state index in [4.69, 9.17) is 5.11 Å². The monoisotopic (exact) mass is 410 g/mol. The molecule has 2 rings (SSSR count).